The van der Waals surface area contributed by atoms with Crippen molar-refractivity contribution in [2.24, 2.45) is 0 Å². The number of carbonyl (C=O) groups excluding carboxylic acids is 1. The fraction of sp³-hybridized carbons (Fsp3) is 0.364. The highest BCUT2D eigenvalue weighted by Gasteiger charge is 2.04. The van der Waals surface area contributed by atoms with Crippen LogP contribution in [-0.2, 0) is 4.79 Å². The third-order valence-electron chi connectivity index (χ3n) is 1.95. The van der Waals surface area contributed by atoms with Gasteiger partial charge in [0.25, 0.3) is 0 Å². The van der Waals surface area contributed by atoms with Crippen LogP contribution in [0.4, 0.5) is 4.39 Å². The average molecular weight is 211 g/mol. The van der Waals surface area contributed by atoms with Crippen LogP contribution >= 0.6 is 0 Å². The molecule has 1 rings (SSSR count). The van der Waals surface area contributed by atoms with Crippen LogP contribution in [0.2, 0.25) is 0 Å². The molecule has 1 N–H and O–H groups in total. The van der Waals surface area contributed by atoms with Crippen LogP contribution in [0, 0.1) is 12.7 Å². The maximum Gasteiger partial charge on any atom is 0.223 e. The van der Waals surface area contributed by atoms with E-state index in [1.165, 1.54) is 6.07 Å². The van der Waals surface area contributed by atoms with E-state index in [0.29, 0.717) is 0 Å². The summed E-state index contributed by atoms with van der Waals surface area (Å²) in [5, 5.41) is 2.46. The van der Waals surface area contributed by atoms with Crippen molar-refractivity contribution in [2.75, 3.05) is 13.7 Å². The molecule has 0 saturated heterocycles. The first-order valence-electron chi connectivity index (χ1n) is 4.73. The summed E-state index contributed by atoms with van der Waals surface area (Å²) in [7, 11) is 1.55. The monoisotopic (exact) mass is 211 g/mol. The van der Waals surface area contributed by atoms with Crippen molar-refractivity contribution >= 4 is 5.91 Å². The number of hydrogen-bond acceptors (Lipinski definition) is 2. The summed E-state index contributed by atoms with van der Waals surface area (Å²) >= 11 is 0. The molecule has 0 aliphatic heterocycles. The first kappa shape index (κ1) is 11.5. The second-order valence-corrected chi connectivity index (χ2v) is 3.21. The van der Waals surface area contributed by atoms with Gasteiger partial charge < -0.3 is 10.1 Å². The van der Waals surface area contributed by atoms with Crippen molar-refractivity contribution in [2.45, 2.75) is 13.3 Å². The van der Waals surface area contributed by atoms with E-state index in [2.05, 4.69) is 5.32 Å². The van der Waals surface area contributed by atoms with Gasteiger partial charge in [0.1, 0.15) is 0 Å². The highest BCUT2D eigenvalue weighted by atomic mass is 19.1. The summed E-state index contributed by atoms with van der Waals surface area (Å²) in [5.41, 5.74) is 0.923. The van der Waals surface area contributed by atoms with Crippen molar-refractivity contribution in [3.8, 4) is 5.75 Å². The van der Waals surface area contributed by atoms with E-state index in [-0.39, 0.29) is 24.7 Å². The number of benzene rings is 1. The predicted molar refractivity (Wildman–Crippen MR) is 55.3 cm³/mol. The summed E-state index contributed by atoms with van der Waals surface area (Å²) in [6.45, 7) is 2.03. The molecule has 1 aromatic carbocycles. The molecule has 0 aliphatic carbocycles. The van der Waals surface area contributed by atoms with Crippen LogP contribution in [-0.4, -0.2) is 19.6 Å². The maximum absolute atomic E-state index is 13.2. The van der Waals surface area contributed by atoms with Gasteiger partial charge in [0, 0.05) is 7.05 Å². The van der Waals surface area contributed by atoms with Gasteiger partial charge in [-0.3, -0.25) is 4.79 Å². The first-order valence-corrected chi connectivity index (χ1v) is 4.73. The van der Waals surface area contributed by atoms with Crippen LogP contribution in [0.25, 0.3) is 0 Å². The first-order chi connectivity index (χ1) is 7.13. The van der Waals surface area contributed by atoms with Gasteiger partial charge >= 0.3 is 0 Å². The molecule has 0 radical (unpaired) electrons. The molecule has 0 aliphatic rings. The highest BCUT2D eigenvalue weighted by Crippen LogP contribution is 2.18. The number of hydrogen-bond donors (Lipinski definition) is 1. The number of halogens is 1. The second-order valence-electron chi connectivity index (χ2n) is 3.21. The third-order valence-corrected chi connectivity index (χ3v) is 1.95. The van der Waals surface area contributed by atoms with E-state index in [9.17, 15) is 9.18 Å². The lowest BCUT2D eigenvalue weighted by Gasteiger charge is -2.07. The van der Waals surface area contributed by atoms with Gasteiger partial charge in [-0.15, -0.1) is 0 Å². The van der Waals surface area contributed by atoms with Gasteiger partial charge in [0.15, 0.2) is 11.6 Å². The number of ether oxygens (including phenoxy) is 1. The molecule has 0 aromatic heterocycles. The Kier molecular flexibility index (Phi) is 4.09. The Morgan fingerprint density at radius 2 is 2.27 bits per heavy atom. The Morgan fingerprint density at radius 1 is 1.53 bits per heavy atom. The number of rotatable bonds is 4. The van der Waals surface area contributed by atoms with E-state index in [0.717, 1.165) is 5.56 Å². The Labute approximate surface area is 88.2 Å². The molecule has 15 heavy (non-hydrogen) atoms. The molecule has 0 heterocycles. The fourth-order valence-corrected chi connectivity index (χ4v) is 1.10. The maximum atomic E-state index is 13.2. The standard InChI is InChI=1S/C11H14FNO2/c1-8-3-4-9(12)10(7-8)15-6-5-11(14)13-2/h3-4,7H,5-6H2,1-2H3,(H,13,14). The van der Waals surface area contributed by atoms with Crippen LogP contribution in [0.1, 0.15) is 12.0 Å². The Morgan fingerprint density at radius 3 is 2.93 bits per heavy atom. The Balaban J connectivity index is 2.50. The number of carbonyl (C=O) groups is 1. The molecule has 0 bridgehead atoms. The van der Waals surface area contributed by atoms with E-state index in [1.54, 1.807) is 19.2 Å². The molecular weight excluding hydrogens is 197 g/mol. The lowest BCUT2D eigenvalue weighted by Crippen LogP contribution is -2.20. The minimum Gasteiger partial charge on any atom is -0.490 e. The van der Waals surface area contributed by atoms with Crippen molar-refractivity contribution in [3.05, 3.63) is 29.6 Å². The normalized spacial score (nSPS) is 9.80. The fourth-order valence-electron chi connectivity index (χ4n) is 1.10. The van der Waals surface area contributed by atoms with Gasteiger partial charge in [-0.25, -0.2) is 4.39 Å². The third kappa shape index (κ3) is 3.58. The molecule has 0 unspecified atom stereocenters. The van der Waals surface area contributed by atoms with Gasteiger partial charge in [-0.2, -0.15) is 0 Å². The second kappa shape index (κ2) is 5.34. The molecule has 0 spiro atoms. The SMILES string of the molecule is CNC(=O)CCOc1cc(C)ccc1F. The Hall–Kier alpha value is -1.58. The predicted octanol–water partition coefficient (Wildman–Crippen LogP) is 1.65. The largest absolute Gasteiger partial charge is 0.490 e. The summed E-state index contributed by atoms with van der Waals surface area (Å²) < 4.78 is 18.3. The zero-order valence-electron chi connectivity index (χ0n) is 8.84. The molecule has 0 atom stereocenters. The average Bonchev–Trinajstić information content (AvgIpc) is 2.23. The minimum absolute atomic E-state index is 0.122. The Bertz CT molecular complexity index is 352. The van der Waals surface area contributed by atoms with E-state index in [4.69, 9.17) is 4.74 Å². The number of amides is 1. The van der Waals surface area contributed by atoms with Crippen LogP contribution in [0.15, 0.2) is 18.2 Å². The molecule has 82 valence electrons. The van der Waals surface area contributed by atoms with Crippen molar-refractivity contribution in [3.63, 3.8) is 0 Å². The smallest absolute Gasteiger partial charge is 0.223 e. The summed E-state index contributed by atoms with van der Waals surface area (Å²) in [6, 6.07) is 4.63. The molecule has 1 amide bonds. The zero-order chi connectivity index (χ0) is 11.3. The highest BCUT2D eigenvalue weighted by molar-refractivity contribution is 5.75. The van der Waals surface area contributed by atoms with Gasteiger partial charge in [-0.1, -0.05) is 6.07 Å². The quantitative estimate of drug-likeness (QED) is 0.822. The van der Waals surface area contributed by atoms with Crippen molar-refractivity contribution < 1.29 is 13.9 Å². The summed E-state index contributed by atoms with van der Waals surface area (Å²) in [4.78, 5) is 10.9. The number of aryl methyl sites for hydroxylation is 1. The van der Waals surface area contributed by atoms with Gasteiger partial charge in [-0.05, 0) is 24.6 Å². The van der Waals surface area contributed by atoms with Crippen molar-refractivity contribution in [1.29, 1.82) is 0 Å². The van der Waals surface area contributed by atoms with E-state index >= 15 is 0 Å². The molecule has 0 saturated carbocycles. The van der Waals surface area contributed by atoms with Crippen molar-refractivity contribution in [1.82, 2.24) is 5.32 Å². The van der Waals surface area contributed by atoms with Gasteiger partial charge in [0.2, 0.25) is 5.91 Å². The number of nitrogens with one attached hydrogen (secondary N) is 1. The lowest BCUT2D eigenvalue weighted by molar-refractivity contribution is -0.121. The van der Waals surface area contributed by atoms with Crippen LogP contribution < -0.4 is 10.1 Å². The molecule has 3 nitrogen and oxygen atoms in total. The molecular formula is C11H14FNO2. The summed E-state index contributed by atoms with van der Waals surface area (Å²) in [6.07, 6.45) is 0.226. The molecule has 4 heteroatoms. The van der Waals surface area contributed by atoms with Gasteiger partial charge in [0.05, 0.1) is 13.0 Å². The summed E-state index contributed by atoms with van der Waals surface area (Å²) in [5.74, 6) is -0.334. The molecule has 1 aromatic rings. The van der Waals surface area contributed by atoms with Crippen LogP contribution in [0.5, 0.6) is 5.75 Å². The minimum atomic E-state index is -0.405. The van der Waals surface area contributed by atoms with E-state index in [1.807, 2.05) is 6.92 Å². The topological polar surface area (TPSA) is 38.3 Å². The lowest BCUT2D eigenvalue weighted by atomic mass is 10.2. The van der Waals surface area contributed by atoms with E-state index < -0.39 is 5.82 Å². The van der Waals surface area contributed by atoms with Crippen LogP contribution in [0.3, 0.4) is 0 Å². The zero-order valence-corrected chi connectivity index (χ0v) is 8.84. The molecule has 0 fully saturated rings.